The van der Waals surface area contributed by atoms with Gasteiger partial charge in [0.2, 0.25) is 0 Å². The fourth-order valence-corrected chi connectivity index (χ4v) is 6.61. The largest absolute Gasteiger partial charge is 0.457 e. The number of hydrogen-bond acceptors (Lipinski definition) is 4. The second-order valence-corrected chi connectivity index (χ2v) is 12.8. The van der Waals surface area contributed by atoms with E-state index in [1.54, 1.807) is 0 Å². The van der Waals surface area contributed by atoms with Gasteiger partial charge in [-0.3, -0.25) is 9.13 Å². The highest BCUT2D eigenvalue weighted by Crippen LogP contribution is 2.38. The molecule has 0 aliphatic carbocycles. The van der Waals surface area contributed by atoms with Gasteiger partial charge in [0.25, 0.3) is 0 Å². The van der Waals surface area contributed by atoms with E-state index < -0.39 is 0 Å². The number of hydrogen-bond donors (Lipinski definition) is 0. The van der Waals surface area contributed by atoms with E-state index in [2.05, 4.69) is 96.6 Å². The number of ether oxygens (including phenoxy) is 1. The highest BCUT2D eigenvalue weighted by atomic mass is 16.5. The summed E-state index contributed by atoms with van der Waals surface area (Å²) in [6.07, 6.45) is 3.77. The Kier molecular flexibility index (Phi) is 5.66. The standard InChI is InChI=1S/C40H30N4O2/c1-40(2,3)25-19-20-41-37(21-25)44-33-13-6-4-11-29(33)30-16-15-28(23-34(30)44)45-27-10-8-9-26(22-27)43-24-42-32-17-18-36-38(39(32)43)31-12-5-7-14-35(31)46-36/h4-24H,1-3H3. The molecule has 4 heterocycles. The van der Waals surface area contributed by atoms with Crippen LogP contribution in [0.15, 0.2) is 132 Å². The Bertz CT molecular complexity index is 2620. The van der Waals surface area contributed by atoms with Crippen molar-refractivity contribution in [3.63, 3.8) is 0 Å². The van der Waals surface area contributed by atoms with Gasteiger partial charge in [0, 0.05) is 34.5 Å². The number of aromatic nitrogens is 4. The number of para-hydroxylation sites is 2. The molecule has 0 atom stereocenters. The molecule has 46 heavy (non-hydrogen) atoms. The summed E-state index contributed by atoms with van der Waals surface area (Å²) in [7, 11) is 0. The van der Waals surface area contributed by atoms with Crippen LogP contribution in [0.25, 0.3) is 66.3 Å². The van der Waals surface area contributed by atoms with Gasteiger partial charge in [-0.25, -0.2) is 9.97 Å². The maximum Gasteiger partial charge on any atom is 0.137 e. The first-order chi connectivity index (χ1) is 22.4. The summed E-state index contributed by atoms with van der Waals surface area (Å²) < 4.78 is 17.1. The second-order valence-electron chi connectivity index (χ2n) is 12.8. The van der Waals surface area contributed by atoms with Crippen LogP contribution < -0.4 is 4.74 Å². The molecule has 6 nitrogen and oxygen atoms in total. The maximum absolute atomic E-state index is 6.56. The zero-order chi connectivity index (χ0) is 31.0. The Morgan fingerprint density at radius 2 is 1.46 bits per heavy atom. The first-order valence-electron chi connectivity index (χ1n) is 15.5. The van der Waals surface area contributed by atoms with Crippen LogP contribution in [0, 0.1) is 0 Å². The van der Waals surface area contributed by atoms with Gasteiger partial charge in [-0.2, -0.15) is 0 Å². The topological polar surface area (TPSA) is 58.0 Å². The normalized spacial score (nSPS) is 12.2. The third-order valence-electron chi connectivity index (χ3n) is 8.87. The number of fused-ring (bicyclic) bond motifs is 8. The molecule has 0 saturated heterocycles. The lowest BCUT2D eigenvalue weighted by molar-refractivity contribution is 0.483. The van der Waals surface area contributed by atoms with Crippen LogP contribution in [0.1, 0.15) is 26.3 Å². The van der Waals surface area contributed by atoms with Crippen molar-refractivity contribution < 1.29 is 9.15 Å². The average molecular weight is 599 g/mol. The molecule has 0 radical (unpaired) electrons. The molecule has 6 heteroatoms. The molecule has 9 aromatic rings. The molecule has 0 spiro atoms. The Morgan fingerprint density at radius 3 is 2.35 bits per heavy atom. The van der Waals surface area contributed by atoms with Crippen molar-refractivity contribution in [3.05, 3.63) is 133 Å². The minimum atomic E-state index is 0.00674. The molecule has 9 rings (SSSR count). The summed E-state index contributed by atoms with van der Waals surface area (Å²) >= 11 is 0. The summed E-state index contributed by atoms with van der Waals surface area (Å²) in [6.45, 7) is 6.68. The van der Waals surface area contributed by atoms with Crippen LogP contribution in [-0.2, 0) is 5.41 Å². The summed E-state index contributed by atoms with van der Waals surface area (Å²) in [6, 6.07) is 39.3. The number of benzene rings is 5. The number of imidazole rings is 1. The SMILES string of the molecule is CC(C)(C)c1ccnc(-n2c3ccccc3c3ccc(Oc4cccc(-n5cnc6ccc7oc8ccccc8c7c65)c4)cc32)c1. The monoisotopic (exact) mass is 598 g/mol. The Balaban J connectivity index is 1.15. The van der Waals surface area contributed by atoms with Crippen LogP contribution in [0.2, 0.25) is 0 Å². The highest BCUT2D eigenvalue weighted by molar-refractivity contribution is 6.17. The fourth-order valence-electron chi connectivity index (χ4n) is 6.61. The molecular weight excluding hydrogens is 568 g/mol. The molecule has 0 aliphatic rings. The van der Waals surface area contributed by atoms with Crippen LogP contribution in [0.4, 0.5) is 0 Å². The first-order valence-corrected chi connectivity index (χ1v) is 15.5. The second kappa shape index (κ2) is 9.81. The van der Waals surface area contributed by atoms with Crippen molar-refractivity contribution in [2.45, 2.75) is 26.2 Å². The third kappa shape index (κ3) is 4.10. The first kappa shape index (κ1) is 26.5. The minimum Gasteiger partial charge on any atom is -0.457 e. The van der Waals surface area contributed by atoms with E-state index in [0.29, 0.717) is 0 Å². The van der Waals surface area contributed by atoms with Gasteiger partial charge in [-0.15, -0.1) is 0 Å². The molecule has 0 amide bonds. The molecule has 0 saturated carbocycles. The molecular formula is C40H30N4O2. The van der Waals surface area contributed by atoms with E-state index in [4.69, 9.17) is 19.1 Å². The van der Waals surface area contributed by atoms with E-state index in [1.165, 1.54) is 10.9 Å². The minimum absolute atomic E-state index is 0.00674. The summed E-state index contributed by atoms with van der Waals surface area (Å²) in [5.41, 5.74) is 7.98. The maximum atomic E-state index is 6.56. The van der Waals surface area contributed by atoms with Gasteiger partial charge >= 0.3 is 0 Å². The summed E-state index contributed by atoms with van der Waals surface area (Å²) in [5.74, 6) is 2.38. The molecule has 0 aliphatic heterocycles. The Hall–Kier alpha value is -5.88. The van der Waals surface area contributed by atoms with Crippen LogP contribution in [0.5, 0.6) is 11.5 Å². The predicted octanol–water partition coefficient (Wildman–Crippen LogP) is 10.5. The lowest BCUT2D eigenvalue weighted by Gasteiger charge is -2.20. The van der Waals surface area contributed by atoms with Crippen molar-refractivity contribution in [3.8, 4) is 23.0 Å². The highest BCUT2D eigenvalue weighted by Gasteiger charge is 2.19. The average Bonchev–Trinajstić information content (AvgIpc) is 3.76. The van der Waals surface area contributed by atoms with E-state index in [-0.39, 0.29) is 5.41 Å². The van der Waals surface area contributed by atoms with E-state index in [9.17, 15) is 0 Å². The predicted molar refractivity (Wildman–Crippen MR) is 186 cm³/mol. The summed E-state index contributed by atoms with van der Waals surface area (Å²) in [5, 5.41) is 4.46. The zero-order valence-electron chi connectivity index (χ0n) is 25.7. The summed E-state index contributed by atoms with van der Waals surface area (Å²) in [4.78, 5) is 9.55. The number of nitrogens with zero attached hydrogens (tertiary/aromatic N) is 4. The van der Waals surface area contributed by atoms with Gasteiger partial charge in [0.15, 0.2) is 0 Å². The van der Waals surface area contributed by atoms with Crippen molar-refractivity contribution in [2.75, 3.05) is 0 Å². The van der Waals surface area contributed by atoms with Gasteiger partial charge in [-0.05, 0) is 71.6 Å². The molecule has 0 N–H and O–H groups in total. The fraction of sp³-hybridized carbons (Fsp3) is 0.100. The Labute approximate surface area is 265 Å². The molecule has 5 aromatic carbocycles. The lowest BCUT2D eigenvalue weighted by Crippen LogP contribution is -2.12. The molecule has 222 valence electrons. The van der Waals surface area contributed by atoms with Gasteiger partial charge < -0.3 is 9.15 Å². The van der Waals surface area contributed by atoms with E-state index in [0.717, 1.165) is 72.4 Å². The van der Waals surface area contributed by atoms with Crippen molar-refractivity contribution in [1.29, 1.82) is 0 Å². The van der Waals surface area contributed by atoms with Gasteiger partial charge in [0.1, 0.15) is 34.8 Å². The van der Waals surface area contributed by atoms with Gasteiger partial charge in [0.05, 0.1) is 33.1 Å². The molecule has 0 unspecified atom stereocenters. The van der Waals surface area contributed by atoms with Crippen molar-refractivity contribution in [1.82, 2.24) is 19.1 Å². The lowest BCUT2D eigenvalue weighted by atomic mass is 9.88. The van der Waals surface area contributed by atoms with Gasteiger partial charge in [-0.1, -0.05) is 63.2 Å². The molecule has 0 fully saturated rings. The van der Waals surface area contributed by atoms with Crippen molar-refractivity contribution in [2.24, 2.45) is 0 Å². The number of rotatable bonds is 4. The smallest absolute Gasteiger partial charge is 0.137 e. The number of furan rings is 1. The van der Waals surface area contributed by atoms with Crippen LogP contribution in [-0.4, -0.2) is 19.1 Å². The van der Waals surface area contributed by atoms with Crippen molar-refractivity contribution >= 4 is 54.8 Å². The quantitative estimate of drug-likeness (QED) is 0.202. The number of pyridine rings is 1. The van der Waals surface area contributed by atoms with Crippen LogP contribution >= 0.6 is 0 Å². The third-order valence-corrected chi connectivity index (χ3v) is 8.87. The van der Waals surface area contributed by atoms with E-state index in [1.807, 2.05) is 61.1 Å². The molecule has 4 aromatic heterocycles. The molecule has 0 bridgehead atoms. The van der Waals surface area contributed by atoms with Crippen LogP contribution in [0.3, 0.4) is 0 Å². The van der Waals surface area contributed by atoms with E-state index >= 15 is 0 Å². The Morgan fingerprint density at radius 1 is 0.652 bits per heavy atom. The zero-order valence-corrected chi connectivity index (χ0v) is 25.7.